The highest BCUT2D eigenvalue weighted by Crippen LogP contribution is 2.36. The molecule has 4 heterocycles. The highest BCUT2D eigenvalue weighted by atomic mass is 16.5. The Kier molecular flexibility index (Phi) is 6.12. The van der Waals surface area contributed by atoms with Gasteiger partial charge in [0.1, 0.15) is 23.7 Å². The molecule has 0 saturated heterocycles. The molecule has 0 saturated carbocycles. The number of pyridine rings is 3. The van der Waals surface area contributed by atoms with Crippen molar-refractivity contribution in [1.82, 2.24) is 24.7 Å². The molecule has 0 fully saturated rings. The molecule has 4 aromatic heterocycles. The lowest BCUT2D eigenvalue weighted by Crippen LogP contribution is -2.27. The monoisotopic (exact) mass is 458 g/mol. The van der Waals surface area contributed by atoms with Crippen LogP contribution >= 0.6 is 0 Å². The summed E-state index contributed by atoms with van der Waals surface area (Å²) in [5, 5.41) is 14.5. The predicted molar refractivity (Wildman–Crippen MR) is 128 cm³/mol. The van der Waals surface area contributed by atoms with Gasteiger partial charge in [-0.05, 0) is 56.7 Å². The number of primary amides is 1. The number of aliphatic hydroxyl groups is 1. The number of hydrogen-bond acceptors (Lipinski definition) is 7. The van der Waals surface area contributed by atoms with Crippen LogP contribution in [0, 0.1) is 6.92 Å². The molecule has 0 bridgehead atoms. The summed E-state index contributed by atoms with van der Waals surface area (Å²) in [6, 6.07) is 8.96. The molecule has 0 unspecified atom stereocenters. The summed E-state index contributed by atoms with van der Waals surface area (Å²) < 4.78 is 7.31. The van der Waals surface area contributed by atoms with Crippen LogP contribution in [0.1, 0.15) is 29.9 Å². The minimum absolute atomic E-state index is 0.147. The molecule has 9 heteroatoms. The number of carbonyl (C=O) groups is 1. The Labute approximate surface area is 197 Å². The molecule has 0 aliphatic heterocycles. The van der Waals surface area contributed by atoms with Gasteiger partial charge in [-0.3, -0.25) is 19.4 Å². The maximum atomic E-state index is 11.8. The van der Waals surface area contributed by atoms with E-state index in [1.165, 1.54) is 0 Å². The second-order valence-corrected chi connectivity index (χ2v) is 8.75. The maximum absolute atomic E-state index is 11.8. The van der Waals surface area contributed by atoms with E-state index in [1.54, 1.807) is 49.3 Å². The molecular weight excluding hydrogens is 432 g/mol. The summed E-state index contributed by atoms with van der Waals surface area (Å²) >= 11 is 0. The molecule has 4 rings (SSSR count). The summed E-state index contributed by atoms with van der Waals surface area (Å²) in [5.41, 5.74) is 9.86. The van der Waals surface area contributed by atoms with Gasteiger partial charge in [0.05, 0.1) is 23.2 Å². The zero-order valence-corrected chi connectivity index (χ0v) is 19.5. The van der Waals surface area contributed by atoms with Crippen molar-refractivity contribution in [3.63, 3.8) is 0 Å². The maximum Gasteiger partial charge on any atom is 0.267 e. The first-order chi connectivity index (χ1) is 16.1. The lowest BCUT2D eigenvalue weighted by atomic mass is 9.98. The van der Waals surface area contributed by atoms with Gasteiger partial charge in [0.2, 0.25) is 0 Å². The van der Waals surface area contributed by atoms with Gasteiger partial charge in [-0.2, -0.15) is 5.10 Å². The van der Waals surface area contributed by atoms with E-state index in [9.17, 15) is 9.90 Å². The highest BCUT2D eigenvalue weighted by molar-refractivity contribution is 5.94. The van der Waals surface area contributed by atoms with Crippen molar-refractivity contribution in [3.8, 4) is 39.5 Å². The van der Waals surface area contributed by atoms with Crippen molar-refractivity contribution >= 4 is 5.91 Å². The zero-order valence-electron chi connectivity index (χ0n) is 19.5. The molecule has 9 nitrogen and oxygen atoms in total. The van der Waals surface area contributed by atoms with E-state index in [-0.39, 0.29) is 12.3 Å². The number of aromatic nitrogens is 5. The minimum Gasteiger partial charge on any atom is -0.489 e. The minimum atomic E-state index is -0.946. The van der Waals surface area contributed by atoms with Gasteiger partial charge >= 0.3 is 0 Å². The summed E-state index contributed by atoms with van der Waals surface area (Å²) in [6.07, 6.45) is 6.93. The van der Waals surface area contributed by atoms with Gasteiger partial charge in [-0.1, -0.05) is 0 Å². The molecule has 174 valence electrons. The van der Waals surface area contributed by atoms with Gasteiger partial charge in [0.15, 0.2) is 0 Å². The van der Waals surface area contributed by atoms with Gasteiger partial charge in [0, 0.05) is 42.3 Å². The third-order valence-corrected chi connectivity index (χ3v) is 4.99. The van der Waals surface area contributed by atoms with Crippen molar-refractivity contribution in [2.24, 2.45) is 12.8 Å². The van der Waals surface area contributed by atoms with E-state index in [0.717, 1.165) is 22.3 Å². The average molecular weight is 459 g/mol. The Balaban J connectivity index is 1.79. The zero-order chi connectivity index (χ0) is 24.5. The first-order valence-electron chi connectivity index (χ1n) is 10.7. The largest absolute Gasteiger partial charge is 0.489 e. The van der Waals surface area contributed by atoms with Crippen LogP contribution in [0.15, 0.2) is 55.1 Å². The van der Waals surface area contributed by atoms with Crippen LogP contribution in [0.4, 0.5) is 0 Å². The topological polar surface area (TPSA) is 129 Å². The third kappa shape index (κ3) is 5.10. The van der Waals surface area contributed by atoms with Crippen LogP contribution in [0.5, 0.6) is 5.75 Å². The number of carbonyl (C=O) groups excluding carboxylic acids is 1. The van der Waals surface area contributed by atoms with Crippen molar-refractivity contribution in [2.45, 2.75) is 26.4 Å². The average Bonchev–Trinajstić information content (AvgIpc) is 3.18. The molecule has 34 heavy (non-hydrogen) atoms. The second kappa shape index (κ2) is 9.03. The fourth-order valence-corrected chi connectivity index (χ4v) is 3.46. The van der Waals surface area contributed by atoms with Crippen LogP contribution in [0.25, 0.3) is 33.8 Å². The Morgan fingerprint density at radius 3 is 2.56 bits per heavy atom. The number of amides is 1. The number of hydrogen-bond donors (Lipinski definition) is 2. The van der Waals surface area contributed by atoms with E-state index < -0.39 is 11.5 Å². The molecule has 3 N–H and O–H groups in total. The summed E-state index contributed by atoms with van der Waals surface area (Å²) in [7, 11) is 1.83. The molecule has 0 spiro atoms. The molecular formula is C25H26N6O3. The van der Waals surface area contributed by atoms with Crippen LogP contribution in [0.2, 0.25) is 0 Å². The summed E-state index contributed by atoms with van der Waals surface area (Å²) in [4.78, 5) is 25.2. The second-order valence-electron chi connectivity index (χ2n) is 8.75. The highest BCUT2D eigenvalue weighted by Gasteiger charge is 2.20. The number of ether oxygens (including phenoxy) is 1. The van der Waals surface area contributed by atoms with Crippen LogP contribution < -0.4 is 10.5 Å². The summed E-state index contributed by atoms with van der Waals surface area (Å²) in [5.74, 6) is -0.0644. The van der Waals surface area contributed by atoms with Crippen molar-refractivity contribution in [2.75, 3.05) is 6.61 Å². The van der Waals surface area contributed by atoms with Crippen LogP contribution in [-0.4, -0.2) is 48.0 Å². The molecule has 4 aromatic rings. The molecule has 0 aliphatic rings. The number of nitrogens with zero attached hydrogens (tertiary/aromatic N) is 5. The van der Waals surface area contributed by atoms with Crippen LogP contribution in [0.3, 0.4) is 0 Å². The van der Waals surface area contributed by atoms with E-state index in [2.05, 4.69) is 20.1 Å². The molecule has 1 amide bonds. The predicted octanol–water partition coefficient (Wildman–Crippen LogP) is 3.16. The number of rotatable bonds is 7. The van der Waals surface area contributed by atoms with Gasteiger partial charge in [-0.15, -0.1) is 0 Å². The Bertz CT molecular complexity index is 1340. The summed E-state index contributed by atoms with van der Waals surface area (Å²) in [6.45, 7) is 5.44. The van der Waals surface area contributed by atoms with Gasteiger partial charge in [-0.25, -0.2) is 4.98 Å². The van der Waals surface area contributed by atoms with Crippen molar-refractivity contribution in [3.05, 3.63) is 66.4 Å². The fraction of sp³-hybridized carbons (Fsp3) is 0.240. The van der Waals surface area contributed by atoms with E-state index in [1.807, 2.05) is 38.4 Å². The van der Waals surface area contributed by atoms with E-state index >= 15 is 0 Å². The van der Waals surface area contributed by atoms with Crippen molar-refractivity contribution in [1.29, 1.82) is 0 Å². The molecule has 0 atom stereocenters. The molecule has 0 aliphatic carbocycles. The molecule has 0 radical (unpaired) electrons. The number of aryl methyl sites for hydroxylation is 2. The Morgan fingerprint density at radius 2 is 1.91 bits per heavy atom. The molecule has 0 aromatic carbocycles. The Hall–Kier alpha value is -4.11. The van der Waals surface area contributed by atoms with E-state index in [4.69, 9.17) is 10.5 Å². The quantitative estimate of drug-likeness (QED) is 0.435. The third-order valence-electron chi connectivity index (χ3n) is 4.99. The standard InChI is InChI=1S/C25H26N6O3/c1-15-9-16(11-27-10-15)22-18(6-8-21(29-22)24(26)32)19-13-31(4)30-23(19)20-7-5-17(12-28-20)34-14-25(2,3)33/h5-13,33H,14H2,1-4H3,(H2,26,32). The van der Waals surface area contributed by atoms with Gasteiger partial charge < -0.3 is 15.6 Å². The smallest absolute Gasteiger partial charge is 0.267 e. The lowest BCUT2D eigenvalue weighted by molar-refractivity contribution is 0.0284. The van der Waals surface area contributed by atoms with E-state index in [0.29, 0.717) is 22.8 Å². The Morgan fingerprint density at radius 1 is 1.12 bits per heavy atom. The SMILES string of the molecule is Cc1cncc(-c2nc(C(N)=O)ccc2-c2cn(C)nc2-c2ccc(OCC(C)(C)O)cn2)c1. The van der Waals surface area contributed by atoms with Crippen LogP contribution in [-0.2, 0) is 7.05 Å². The fourth-order valence-electron chi connectivity index (χ4n) is 3.46. The normalized spacial score (nSPS) is 11.4. The first kappa shape index (κ1) is 23.1. The lowest BCUT2D eigenvalue weighted by Gasteiger charge is -2.17. The van der Waals surface area contributed by atoms with Gasteiger partial charge in [0.25, 0.3) is 5.91 Å². The number of nitrogens with two attached hydrogens (primary N) is 1. The van der Waals surface area contributed by atoms with Crippen molar-refractivity contribution < 1.29 is 14.6 Å². The first-order valence-corrected chi connectivity index (χ1v) is 10.7.